The predicted molar refractivity (Wildman–Crippen MR) is 98.4 cm³/mol. The number of benzene rings is 1. The van der Waals surface area contributed by atoms with Crippen LogP contribution in [0.3, 0.4) is 0 Å². The Balaban J connectivity index is 2.01. The fourth-order valence-corrected chi connectivity index (χ4v) is 4.71. The van der Waals surface area contributed by atoms with E-state index in [2.05, 4.69) is 18.0 Å². The summed E-state index contributed by atoms with van der Waals surface area (Å²) in [5, 5.41) is 2.76. The molecule has 0 saturated heterocycles. The van der Waals surface area contributed by atoms with Crippen LogP contribution in [0.25, 0.3) is 32.0 Å². The molecule has 0 fully saturated rings. The zero-order chi connectivity index (χ0) is 15.8. The van der Waals surface area contributed by atoms with E-state index in [-0.39, 0.29) is 5.56 Å². The summed E-state index contributed by atoms with van der Waals surface area (Å²) in [6, 6.07) is 13.8. The number of nitrogens with zero attached hydrogens (tertiary/aromatic N) is 1. The number of aryl methyl sites for hydroxylation is 1. The molecule has 1 N–H and O–H groups in total. The number of thiophene rings is 2. The first-order valence-electron chi connectivity index (χ1n) is 7.43. The third-order valence-electron chi connectivity index (χ3n) is 3.77. The highest BCUT2D eigenvalue weighted by molar-refractivity contribution is 7.20. The van der Waals surface area contributed by atoms with E-state index in [0.29, 0.717) is 11.2 Å². The number of aromatic nitrogens is 2. The van der Waals surface area contributed by atoms with Crippen LogP contribution in [0.15, 0.2) is 52.6 Å². The van der Waals surface area contributed by atoms with Gasteiger partial charge in [-0.1, -0.05) is 43.3 Å². The molecule has 0 radical (unpaired) electrons. The third-order valence-corrected chi connectivity index (χ3v) is 5.89. The molecule has 5 heteroatoms. The van der Waals surface area contributed by atoms with Gasteiger partial charge in [0.15, 0.2) is 0 Å². The van der Waals surface area contributed by atoms with Crippen molar-refractivity contribution in [2.24, 2.45) is 0 Å². The van der Waals surface area contributed by atoms with Gasteiger partial charge in [-0.25, -0.2) is 4.98 Å². The molecular weight excluding hydrogens is 324 g/mol. The van der Waals surface area contributed by atoms with Gasteiger partial charge in [0.1, 0.15) is 10.7 Å². The normalized spacial score (nSPS) is 11.2. The van der Waals surface area contributed by atoms with Gasteiger partial charge in [0.25, 0.3) is 5.56 Å². The highest BCUT2D eigenvalue weighted by atomic mass is 32.1. The highest BCUT2D eigenvalue weighted by Crippen LogP contribution is 2.39. The third kappa shape index (κ3) is 2.42. The van der Waals surface area contributed by atoms with E-state index in [1.807, 2.05) is 41.8 Å². The molecule has 3 aromatic heterocycles. The summed E-state index contributed by atoms with van der Waals surface area (Å²) in [4.78, 5) is 23.6. The summed E-state index contributed by atoms with van der Waals surface area (Å²) in [6.07, 6.45) is 0.897. The Kier molecular flexibility index (Phi) is 3.59. The van der Waals surface area contributed by atoms with Crippen LogP contribution in [0.4, 0.5) is 0 Å². The van der Waals surface area contributed by atoms with E-state index in [4.69, 9.17) is 4.98 Å². The van der Waals surface area contributed by atoms with Crippen LogP contribution >= 0.6 is 22.7 Å². The predicted octanol–water partition coefficient (Wildman–Crippen LogP) is 4.94. The van der Waals surface area contributed by atoms with Gasteiger partial charge in [0.05, 0.1) is 5.39 Å². The van der Waals surface area contributed by atoms with Crippen LogP contribution in [0.1, 0.15) is 11.8 Å². The number of hydrogen-bond donors (Lipinski definition) is 1. The molecule has 0 saturated carbocycles. The second kappa shape index (κ2) is 5.76. The molecule has 0 spiro atoms. The lowest BCUT2D eigenvalue weighted by molar-refractivity contribution is 1.18. The smallest absolute Gasteiger partial charge is 0.260 e. The van der Waals surface area contributed by atoms with Gasteiger partial charge < -0.3 is 4.98 Å². The fourth-order valence-electron chi connectivity index (χ4n) is 2.72. The first-order chi connectivity index (χ1) is 11.3. The van der Waals surface area contributed by atoms with Crippen LogP contribution in [-0.4, -0.2) is 9.97 Å². The molecule has 0 aliphatic heterocycles. The Labute approximate surface area is 141 Å². The zero-order valence-corrected chi connectivity index (χ0v) is 14.1. The fraction of sp³-hybridized carbons (Fsp3) is 0.111. The minimum atomic E-state index is -0.0618. The second-order valence-electron chi connectivity index (χ2n) is 5.19. The SMILES string of the molecule is CCc1sc2nc(-c3ccccc3)[nH]c(=O)c2c1-c1cccs1. The Morgan fingerprint density at radius 3 is 2.65 bits per heavy atom. The van der Waals surface area contributed by atoms with Gasteiger partial charge in [-0.2, -0.15) is 0 Å². The summed E-state index contributed by atoms with van der Waals surface area (Å²) in [6.45, 7) is 2.12. The summed E-state index contributed by atoms with van der Waals surface area (Å²) < 4.78 is 0. The van der Waals surface area contributed by atoms with E-state index >= 15 is 0 Å². The first kappa shape index (κ1) is 14.4. The van der Waals surface area contributed by atoms with E-state index in [0.717, 1.165) is 27.3 Å². The minimum Gasteiger partial charge on any atom is -0.306 e. The van der Waals surface area contributed by atoms with Crippen molar-refractivity contribution in [3.05, 3.63) is 63.1 Å². The van der Waals surface area contributed by atoms with Crippen molar-refractivity contribution in [3.8, 4) is 21.8 Å². The topological polar surface area (TPSA) is 45.8 Å². The van der Waals surface area contributed by atoms with Crippen molar-refractivity contribution in [1.82, 2.24) is 9.97 Å². The van der Waals surface area contributed by atoms with E-state index in [1.54, 1.807) is 22.7 Å². The maximum Gasteiger partial charge on any atom is 0.260 e. The molecule has 3 heterocycles. The number of H-pyrrole nitrogens is 1. The number of nitrogens with one attached hydrogen (secondary N) is 1. The van der Waals surface area contributed by atoms with Crippen LogP contribution in [0, 0.1) is 0 Å². The molecule has 4 aromatic rings. The molecule has 0 atom stereocenters. The molecule has 0 unspecified atom stereocenters. The average molecular weight is 338 g/mol. The number of hydrogen-bond acceptors (Lipinski definition) is 4. The lowest BCUT2D eigenvalue weighted by Crippen LogP contribution is -2.09. The quantitative estimate of drug-likeness (QED) is 0.575. The molecule has 23 heavy (non-hydrogen) atoms. The van der Waals surface area contributed by atoms with E-state index in [9.17, 15) is 4.79 Å². The molecule has 0 amide bonds. The Hall–Kier alpha value is -2.24. The van der Waals surface area contributed by atoms with Crippen LogP contribution in [-0.2, 0) is 6.42 Å². The van der Waals surface area contributed by atoms with Gasteiger partial charge in [0, 0.05) is 20.9 Å². The molecule has 1 aromatic carbocycles. The summed E-state index contributed by atoms with van der Waals surface area (Å²) in [5.41, 5.74) is 1.92. The van der Waals surface area contributed by atoms with E-state index in [1.165, 1.54) is 4.88 Å². The van der Waals surface area contributed by atoms with E-state index < -0.39 is 0 Å². The lowest BCUT2D eigenvalue weighted by atomic mass is 10.1. The van der Waals surface area contributed by atoms with Gasteiger partial charge in [-0.05, 0) is 17.9 Å². The number of rotatable bonds is 3. The zero-order valence-electron chi connectivity index (χ0n) is 12.5. The molecule has 4 rings (SSSR count). The van der Waals surface area contributed by atoms with Gasteiger partial charge >= 0.3 is 0 Å². The largest absolute Gasteiger partial charge is 0.306 e. The summed E-state index contributed by atoms with van der Waals surface area (Å²) in [5.74, 6) is 0.629. The maximum absolute atomic E-state index is 12.7. The van der Waals surface area contributed by atoms with Crippen molar-refractivity contribution in [2.45, 2.75) is 13.3 Å². The van der Waals surface area contributed by atoms with Crippen molar-refractivity contribution >= 4 is 32.9 Å². The molecule has 114 valence electrons. The van der Waals surface area contributed by atoms with Gasteiger partial charge in [-0.3, -0.25) is 4.79 Å². The van der Waals surface area contributed by atoms with Crippen LogP contribution in [0.2, 0.25) is 0 Å². The average Bonchev–Trinajstić information content (AvgIpc) is 3.22. The number of aromatic amines is 1. The Morgan fingerprint density at radius 2 is 1.96 bits per heavy atom. The van der Waals surface area contributed by atoms with Gasteiger partial charge in [0.2, 0.25) is 0 Å². The van der Waals surface area contributed by atoms with Crippen LogP contribution < -0.4 is 5.56 Å². The Morgan fingerprint density at radius 1 is 1.13 bits per heavy atom. The molecule has 0 aliphatic carbocycles. The van der Waals surface area contributed by atoms with Gasteiger partial charge in [-0.15, -0.1) is 22.7 Å². The highest BCUT2D eigenvalue weighted by Gasteiger charge is 2.18. The van der Waals surface area contributed by atoms with Crippen molar-refractivity contribution in [3.63, 3.8) is 0 Å². The molecule has 0 aliphatic rings. The van der Waals surface area contributed by atoms with Crippen molar-refractivity contribution in [1.29, 1.82) is 0 Å². The summed E-state index contributed by atoms with van der Waals surface area (Å²) >= 11 is 3.28. The van der Waals surface area contributed by atoms with Crippen molar-refractivity contribution in [2.75, 3.05) is 0 Å². The summed E-state index contributed by atoms with van der Waals surface area (Å²) in [7, 11) is 0. The lowest BCUT2D eigenvalue weighted by Gasteiger charge is -2.01. The maximum atomic E-state index is 12.7. The minimum absolute atomic E-state index is 0.0618. The monoisotopic (exact) mass is 338 g/mol. The number of fused-ring (bicyclic) bond motifs is 1. The Bertz CT molecular complexity index is 1010. The first-order valence-corrected chi connectivity index (χ1v) is 9.12. The van der Waals surface area contributed by atoms with Crippen molar-refractivity contribution < 1.29 is 0 Å². The van der Waals surface area contributed by atoms with Crippen LogP contribution in [0.5, 0.6) is 0 Å². The molecule has 0 bridgehead atoms. The molecular formula is C18H14N2OS2. The molecule has 3 nitrogen and oxygen atoms in total. The second-order valence-corrected chi connectivity index (χ2v) is 7.22. The standard InChI is InChI=1S/C18H14N2OS2/c1-2-12-14(13-9-6-10-22-13)15-17(21)19-16(20-18(15)23-12)11-7-4-3-5-8-11/h3-10H,2H2,1H3,(H,19,20,21).